The van der Waals surface area contributed by atoms with Crippen LogP contribution in [0, 0.1) is 13.8 Å². The van der Waals surface area contributed by atoms with Gasteiger partial charge < -0.3 is 19.6 Å². The van der Waals surface area contributed by atoms with Crippen molar-refractivity contribution in [3.8, 4) is 5.75 Å². The fourth-order valence-electron chi connectivity index (χ4n) is 4.42. The van der Waals surface area contributed by atoms with E-state index in [1.54, 1.807) is 49.1 Å². The summed E-state index contributed by atoms with van der Waals surface area (Å²) in [5.74, 6) is -0.232. The summed E-state index contributed by atoms with van der Waals surface area (Å²) >= 11 is 0. The van der Waals surface area contributed by atoms with Gasteiger partial charge in [0.2, 0.25) is 0 Å². The van der Waals surface area contributed by atoms with Gasteiger partial charge in [0.05, 0.1) is 36.0 Å². The van der Waals surface area contributed by atoms with Crippen molar-refractivity contribution in [1.29, 1.82) is 0 Å². The Labute approximate surface area is 196 Å². The second-order valence-electron chi connectivity index (χ2n) is 8.32. The molecule has 9 nitrogen and oxygen atoms in total. The number of aromatic nitrogens is 4. The molecule has 2 N–H and O–H groups in total. The molecule has 4 aromatic heterocycles. The molecule has 176 valence electrons. The van der Waals surface area contributed by atoms with Gasteiger partial charge in [-0.05, 0) is 43.7 Å². The van der Waals surface area contributed by atoms with Gasteiger partial charge in [0, 0.05) is 36.6 Å². The van der Waals surface area contributed by atoms with Crippen LogP contribution in [0.5, 0.6) is 5.75 Å². The summed E-state index contributed by atoms with van der Waals surface area (Å²) in [6.45, 7) is 5.54. The average Bonchev–Trinajstić information content (AvgIpc) is 3.10. The molecule has 0 aliphatic rings. The Hall–Kier alpha value is -4.14. The van der Waals surface area contributed by atoms with Crippen LogP contribution in [0.1, 0.15) is 51.3 Å². The Bertz CT molecular complexity index is 1510. The van der Waals surface area contributed by atoms with Crippen molar-refractivity contribution in [3.63, 3.8) is 0 Å². The van der Waals surface area contributed by atoms with Gasteiger partial charge in [-0.1, -0.05) is 13.0 Å². The second-order valence-corrected chi connectivity index (χ2v) is 8.32. The van der Waals surface area contributed by atoms with Crippen LogP contribution >= 0.6 is 0 Å². The highest BCUT2D eigenvalue weighted by Crippen LogP contribution is 2.31. The quantitative estimate of drug-likeness (QED) is 0.458. The van der Waals surface area contributed by atoms with Crippen molar-refractivity contribution in [1.82, 2.24) is 24.5 Å². The second kappa shape index (κ2) is 9.01. The van der Waals surface area contributed by atoms with E-state index in [0.29, 0.717) is 33.7 Å². The number of hydrogen-bond donors (Lipinski definition) is 2. The lowest BCUT2D eigenvalue weighted by atomic mass is 9.95. The van der Waals surface area contributed by atoms with Gasteiger partial charge in [-0.2, -0.15) is 5.10 Å². The van der Waals surface area contributed by atoms with E-state index in [9.17, 15) is 14.4 Å². The highest BCUT2D eigenvalue weighted by atomic mass is 16.5. The third-order valence-electron chi connectivity index (χ3n) is 6.13. The standard InChI is InChI=1S/C25H27N5O4/c1-14-12-20(34-5)18(23(31)28-14)13-26-24(32)21-16(3)22(30-19(21)9-6-10-27-30)15(2)17-8-7-11-29(4)25(17)33/h6-12,15H,13H2,1-5H3,(H,26,32)(H,28,31). The molecule has 1 atom stereocenters. The van der Waals surface area contributed by atoms with Crippen molar-refractivity contribution in [2.75, 3.05) is 7.11 Å². The molecule has 0 aliphatic heterocycles. The molecule has 0 spiro atoms. The highest BCUT2D eigenvalue weighted by Gasteiger charge is 2.26. The molecule has 0 aromatic carbocycles. The normalized spacial score (nSPS) is 12.0. The van der Waals surface area contributed by atoms with Crippen molar-refractivity contribution in [2.24, 2.45) is 7.05 Å². The molecule has 0 radical (unpaired) electrons. The molecule has 1 unspecified atom stereocenters. The number of nitrogens with one attached hydrogen (secondary N) is 2. The largest absolute Gasteiger partial charge is 0.496 e. The van der Waals surface area contributed by atoms with Crippen LogP contribution < -0.4 is 21.2 Å². The number of hydrogen-bond acceptors (Lipinski definition) is 5. The third kappa shape index (κ3) is 3.89. The molecule has 9 heteroatoms. The molecule has 0 saturated heterocycles. The number of amides is 1. The zero-order valence-electron chi connectivity index (χ0n) is 19.8. The number of ether oxygens (including phenoxy) is 1. The lowest BCUT2D eigenvalue weighted by molar-refractivity contribution is 0.0951. The molecule has 4 heterocycles. The Morgan fingerprint density at radius 1 is 1.24 bits per heavy atom. The lowest BCUT2D eigenvalue weighted by Crippen LogP contribution is -2.28. The molecular formula is C25H27N5O4. The van der Waals surface area contributed by atoms with E-state index in [4.69, 9.17) is 4.74 Å². The van der Waals surface area contributed by atoms with E-state index >= 15 is 0 Å². The number of H-pyrrole nitrogens is 1. The first-order chi connectivity index (χ1) is 16.2. The number of aryl methyl sites for hydroxylation is 2. The summed E-state index contributed by atoms with van der Waals surface area (Å²) in [5.41, 5.74) is 3.76. The van der Waals surface area contributed by atoms with Gasteiger partial charge in [0.1, 0.15) is 5.75 Å². The number of fused-ring (bicyclic) bond motifs is 1. The zero-order chi connectivity index (χ0) is 24.6. The first-order valence-corrected chi connectivity index (χ1v) is 10.9. The molecule has 1 amide bonds. The first-order valence-electron chi connectivity index (χ1n) is 10.9. The predicted octanol–water partition coefficient (Wildman–Crippen LogP) is 2.43. The summed E-state index contributed by atoms with van der Waals surface area (Å²) in [6, 6.07) is 8.91. The van der Waals surface area contributed by atoms with Crippen LogP contribution in [0.2, 0.25) is 0 Å². The first kappa shape index (κ1) is 23.0. The molecule has 4 rings (SSSR count). The summed E-state index contributed by atoms with van der Waals surface area (Å²) in [4.78, 5) is 41.3. The van der Waals surface area contributed by atoms with Gasteiger partial charge >= 0.3 is 0 Å². The van der Waals surface area contributed by atoms with E-state index in [2.05, 4.69) is 15.4 Å². The minimum absolute atomic E-state index is 0.00121. The molecule has 0 fully saturated rings. The summed E-state index contributed by atoms with van der Waals surface area (Å²) < 4.78 is 8.57. The Morgan fingerprint density at radius 3 is 2.74 bits per heavy atom. The molecular weight excluding hydrogens is 434 g/mol. The minimum atomic E-state index is -0.343. The number of aromatic amines is 1. The van der Waals surface area contributed by atoms with E-state index in [1.807, 2.05) is 26.0 Å². The van der Waals surface area contributed by atoms with Gasteiger partial charge in [-0.3, -0.25) is 14.4 Å². The van der Waals surface area contributed by atoms with Crippen LogP contribution in [0.4, 0.5) is 0 Å². The van der Waals surface area contributed by atoms with E-state index in [0.717, 1.165) is 11.3 Å². The molecule has 0 saturated carbocycles. The Balaban J connectivity index is 1.76. The van der Waals surface area contributed by atoms with Crippen molar-refractivity contribution < 1.29 is 9.53 Å². The molecule has 0 aliphatic carbocycles. The summed E-state index contributed by atoms with van der Waals surface area (Å²) in [5, 5.41) is 7.32. The van der Waals surface area contributed by atoms with E-state index in [-0.39, 0.29) is 29.5 Å². The number of rotatable bonds is 6. The van der Waals surface area contributed by atoms with Gasteiger partial charge in [0.15, 0.2) is 0 Å². The fourth-order valence-corrected chi connectivity index (χ4v) is 4.42. The fraction of sp³-hybridized carbons (Fsp3) is 0.280. The predicted molar refractivity (Wildman–Crippen MR) is 129 cm³/mol. The molecule has 0 bridgehead atoms. The van der Waals surface area contributed by atoms with Crippen LogP contribution in [-0.4, -0.2) is 32.2 Å². The SMILES string of the molecule is COc1cc(C)[nH]c(=O)c1CNC(=O)c1c(C)c(C(C)c2cccn(C)c2=O)n2ncccc12. The van der Waals surface area contributed by atoms with Crippen LogP contribution in [0.25, 0.3) is 5.52 Å². The monoisotopic (exact) mass is 461 g/mol. The number of pyridine rings is 2. The number of carbonyl (C=O) groups excluding carboxylic acids is 1. The zero-order valence-corrected chi connectivity index (χ0v) is 19.8. The summed E-state index contributed by atoms with van der Waals surface area (Å²) in [6.07, 6.45) is 3.35. The average molecular weight is 462 g/mol. The van der Waals surface area contributed by atoms with Crippen molar-refractivity contribution >= 4 is 11.4 Å². The van der Waals surface area contributed by atoms with Crippen molar-refractivity contribution in [3.05, 3.63) is 97.1 Å². The Morgan fingerprint density at radius 2 is 2.00 bits per heavy atom. The van der Waals surface area contributed by atoms with Gasteiger partial charge in [-0.25, -0.2) is 4.52 Å². The Kier molecular flexibility index (Phi) is 6.10. The minimum Gasteiger partial charge on any atom is -0.496 e. The smallest absolute Gasteiger partial charge is 0.256 e. The topological polar surface area (TPSA) is 110 Å². The maximum Gasteiger partial charge on any atom is 0.256 e. The van der Waals surface area contributed by atoms with Crippen LogP contribution in [0.3, 0.4) is 0 Å². The lowest BCUT2D eigenvalue weighted by Gasteiger charge is -2.14. The van der Waals surface area contributed by atoms with Crippen LogP contribution in [0.15, 0.2) is 52.3 Å². The number of nitrogens with zero attached hydrogens (tertiary/aromatic N) is 3. The number of carbonyl (C=O) groups is 1. The maximum atomic E-state index is 13.4. The number of methoxy groups -OCH3 is 1. The third-order valence-corrected chi connectivity index (χ3v) is 6.13. The van der Waals surface area contributed by atoms with Crippen LogP contribution in [-0.2, 0) is 13.6 Å². The highest BCUT2D eigenvalue weighted by molar-refractivity contribution is 6.03. The molecule has 34 heavy (non-hydrogen) atoms. The van der Waals surface area contributed by atoms with Gasteiger partial charge in [0.25, 0.3) is 17.0 Å². The van der Waals surface area contributed by atoms with Gasteiger partial charge in [-0.15, -0.1) is 0 Å². The maximum absolute atomic E-state index is 13.4. The van der Waals surface area contributed by atoms with E-state index < -0.39 is 0 Å². The van der Waals surface area contributed by atoms with E-state index in [1.165, 1.54) is 11.7 Å². The summed E-state index contributed by atoms with van der Waals surface area (Å²) in [7, 11) is 3.19. The molecule has 4 aromatic rings. The van der Waals surface area contributed by atoms with Crippen molar-refractivity contribution in [2.45, 2.75) is 33.2 Å².